The summed E-state index contributed by atoms with van der Waals surface area (Å²) in [5, 5.41) is 13.9. The van der Waals surface area contributed by atoms with Crippen molar-refractivity contribution in [1.82, 2.24) is 15.2 Å². The Balaban J connectivity index is 2.27. The number of benzene rings is 1. The summed E-state index contributed by atoms with van der Waals surface area (Å²) in [5.74, 6) is 2.51. The molecule has 0 radical (unpaired) electrons. The average molecular weight is 317 g/mol. The molecule has 2 aromatic rings. The number of aromatic nitrogens is 3. The third-order valence-electron chi connectivity index (χ3n) is 2.91. The Labute approximate surface area is 134 Å². The molecule has 2 rings (SSSR count). The molecule has 8 nitrogen and oxygen atoms in total. The highest BCUT2D eigenvalue weighted by atomic mass is 16.5. The molecule has 0 aliphatic heterocycles. The second kappa shape index (κ2) is 7.83. The largest absolute Gasteiger partial charge is 0.493 e. The van der Waals surface area contributed by atoms with E-state index < -0.39 is 0 Å². The topological polar surface area (TPSA) is 90.4 Å². The minimum atomic E-state index is 0.341. The van der Waals surface area contributed by atoms with E-state index in [1.165, 1.54) is 6.20 Å². The van der Waals surface area contributed by atoms with Crippen molar-refractivity contribution in [1.29, 1.82) is 0 Å². The fourth-order valence-corrected chi connectivity index (χ4v) is 1.90. The number of ether oxygens (including phenoxy) is 3. The van der Waals surface area contributed by atoms with Crippen LogP contribution in [0.3, 0.4) is 0 Å². The van der Waals surface area contributed by atoms with Crippen molar-refractivity contribution in [3.63, 3.8) is 0 Å². The van der Waals surface area contributed by atoms with Gasteiger partial charge in [0.15, 0.2) is 17.3 Å². The lowest BCUT2D eigenvalue weighted by Gasteiger charge is -2.14. The fourth-order valence-electron chi connectivity index (χ4n) is 1.90. The summed E-state index contributed by atoms with van der Waals surface area (Å²) in [7, 11) is 4.66. The maximum Gasteiger partial charge on any atom is 0.249 e. The van der Waals surface area contributed by atoms with Gasteiger partial charge in [-0.1, -0.05) is 6.08 Å². The first-order valence-electron chi connectivity index (χ1n) is 6.83. The van der Waals surface area contributed by atoms with Gasteiger partial charge >= 0.3 is 0 Å². The molecule has 0 atom stereocenters. The van der Waals surface area contributed by atoms with Crippen LogP contribution in [-0.4, -0.2) is 43.1 Å². The second-order valence-electron chi connectivity index (χ2n) is 4.37. The molecule has 1 heterocycles. The van der Waals surface area contributed by atoms with E-state index >= 15 is 0 Å². The summed E-state index contributed by atoms with van der Waals surface area (Å²) in [5.41, 5.74) is 0.683. The number of nitrogens with one attached hydrogen (secondary N) is 2. The zero-order valence-electron chi connectivity index (χ0n) is 13.3. The molecular weight excluding hydrogens is 298 g/mol. The number of nitrogens with zero attached hydrogens (tertiary/aromatic N) is 3. The zero-order valence-corrected chi connectivity index (χ0v) is 13.3. The van der Waals surface area contributed by atoms with Crippen LogP contribution in [0.25, 0.3) is 0 Å². The molecule has 1 aromatic carbocycles. The van der Waals surface area contributed by atoms with Crippen LogP contribution in [0.2, 0.25) is 0 Å². The second-order valence-corrected chi connectivity index (χ2v) is 4.37. The number of hydrogen-bond donors (Lipinski definition) is 2. The van der Waals surface area contributed by atoms with Gasteiger partial charge < -0.3 is 24.8 Å². The summed E-state index contributed by atoms with van der Waals surface area (Å²) in [6.45, 7) is 4.22. The van der Waals surface area contributed by atoms with E-state index in [0.717, 1.165) is 0 Å². The lowest BCUT2D eigenvalue weighted by Crippen LogP contribution is -2.05. The van der Waals surface area contributed by atoms with E-state index in [4.69, 9.17) is 14.2 Å². The van der Waals surface area contributed by atoms with E-state index in [1.807, 2.05) is 0 Å². The van der Waals surface area contributed by atoms with E-state index in [-0.39, 0.29) is 0 Å². The summed E-state index contributed by atoms with van der Waals surface area (Å²) < 4.78 is 15.9. The van der Waals surface area contributed by atoms with Crippen molar-refractivity contribution in [2.24, 2.45) is 0 Å². The van der Waals surface area contributed by atoms with Crippen LogP contribution < -0.4 is 24.8 Å². The van der Waals surface area contributed by atoms with Crippen molar-refractivity contribution < 1.29 is 14.2 Å². The normalized spacial score (nSPS) is 9.87. The van der Waals surface area contributed by atoms with Gasteiger partial charge in [0, 0.05) is 24.4 Å². The molecule has 0 aliphatic rings. The molecule has 0 saturated heterocycles. The first kappa shape index (κ1) is 16.3. The molecule has 8 heteroatoms. The third-order valence-corrected chi connectivity index (χ3v) is 2.91. The van der Waals surface area contributed by atoms with Crippen molar-refractivity contribution in [3.8, 4) is 17.2 Å². The van der Waals surface area contributed by atoms with Crippen LogP contribution in [0.5, 0.6) is 17.2 Å². The van der Waals surface area contributed by atoms with Crippen molar-refractivity contribution >= 4 is 17.5 Å². The van der Waals surface area contributed by atoms with Gasteiger partial charge in [0.2, 0.25) is 11.7 Å². The van der Waals surface area contributed by atoms with Gasteiger partial charge in [-0.05, 0) is 0 Å². The van der Waals surface area contributed by atoms with Crippen LogP contribution in [0, 0.1) is 0 Å². The number of methoxy groups -OCH3 is 3. The molecule has 122 valence electrons. The smallest absolute Gasteiger partial charge is 0.249 e. The standard InChI is InChI=1S/C15H19N5O3/c1-5-6-16-13-9-17-20-15(19-13)18-10-7-11(21-2)14(23-4)12(8-10)22-3/h5,7-9H,1,6H2,2-4H3,(H2,16,18,19,20). The van der Waals surface area contributed by atoms with E-state index in [1.54, 1.807) is 39.5 Å². The molecule has 0 saturated carbocycles. The van der Waals surface area contributed by atoms with Gasteiger partial charge in [-0.25, -0.2) is 0 Å². The molecule has 0 bridgehead atoms. The highest BCUT2D eigenvalue weighted by Crippen LogP contribution is 2.40. The Hall–Kier alpha value is -3.03. The van der Waals surface area contributed by atoms with Crippen molar-refractivity contribution in [2.75, 3.05) is 38.5 Å². The SMILES string of the molecule is C=CCNc1cnnc(Nc2cc(OC)c(OC)c(OC)c2)n1. The number of hydrogen-bond acceptors (Lipinski definition) is 8. The van der Waals surface area contributed by atoms with Crippen LogP contribution in [0.1, 0.15) is 0 Å². The number of rotatable bonds is 8. The first-order valence-corrected chi connectivity index (χ1v) is 6.83. The summed E-state index contributed by atoms with van der Waals surface area (Å²) in [6.07, 6.45) is 3.26. The van der Waals surface area contributed by atoms with Gasteiger partial charge in [-0.3, -0.25) is 0 Å². The summed E-state index contributed by atoms with van der Waals surface area (Å²) >= 11 is 0. The van der Waals surface area contributed by atoms with Gasteiger partial charge in [-0.15, -0.1) is 11.7 Å². The Bertz CT molecular complexity index is 653. The third kappa shape index (κ3) is 4.00. The Morgan fingerprint density at radius 3 is 2.39 bits per heavy atom. The van der Waals surface area contributed by atoms with E-state index in [9.17, 15) is 0 Å². The van der Waals surface area contributed by atoms with Crippen LogP contribution in [0.15, 0.2) is 31.0 Å². The first-order chi connectivity index (χ1) is 11.2. The Kier molecular flexibility index (Phi) is 5.56. The predicted molar refractivity (Wildman–Crippen MR) is 87.9 cm³/mol. The predicted octanol–water partition coefficient (Wildman–Crippen LogP) is 2.24. The lowest BCUT2D eigenvalue weighted by atomic mass is 10.2. The zero-order chi connectivity index (χ0) is 16.7. The minimum Gasteiger partial charge on any atom is -0.493 e. The minimum absolute atomic E-state index is 0.341. The highest BCUT2D eigenvalue weighted by Gasteiger charge is 2.14. The maximum absolute atomic E-state index is 5.31. The molecule has 2 N–H and O–H groups in total. The quantitative estimate of drug-likeness (QED) is 0.716. The molecule has 23 heavy (non-hydrogen) atoms. The molecule has 0 unspecified atom stereocenters. The molecule has 0 fully saturated rings. The van der Waals surface area contributed by atoms with Crippen LogP contribution in [-0.2, 0) is 0 Å². The average Bonchev–Trinajstić information content (AvgIpc) is 2.59. The van der Waals surface area contributed by atoms with Gasteiger partial charge in [0.05, 0.1) is 27.5 Å². The van der Waals surface area contributed by atoms with E-state index in [0.29, 0.717) is 41.2 Å². The highest BCUT2D eigenvalue weighted by molar-refractivity contribution is 5.65. The maximum atomic E-state index is 5.31. The molecular formula is C15H19N5O3. The van der Waals surface area contributed by atoms with Crippen molar-refractivity contribution in [2.45, 2.75) is 0 Å². The molecule has 1 aromatic heterocycles. The molecule has 0 amide bonds. The monoisotopic (exact) mass is 317 g/mol. The number of anilines is 3. The van der Waals surface area contributed by atoms with Gasteiger partial charge in [-0.2, -0.15) is 10.1 Å². The Morgan fingerprint density at radius 2 is 1.83 bits per heavy atom. The van der Waals surface area contributed by atoms with Gasteiger partial charge in [0.25, 0.3) is 0 Å². The summed E-state index contributed by atoms with van der Waals surface area (Å²) in [4.78, 5) is 4.30. The van der Waals surface area contributed by atoms with E-state index in [2.05, 4.69) is 32.4 Å². The van der Waals surface area contributed by atoms with Crippen molar-refractivity contribution in [3.05, 3.63) is 31.0 Å². The Morgan fingerprint density at radius 1 is 1.13 bits per heavy atom. The van der Waals surface area contributed by atoms with Crippen LogP contribution >= 0.6 is 0 Å². The van der Waals surface area contributed by atoms with Crippen LogP contribution in [0.4, 0.5) is 17.5 Å². The summed E-state index contributed by atoms with van der Waals surface area (Å²) in [6, 6.07) is 3.52. The molecule has 0 aliphatic carbocycles. The lowest BCUT2D eigenvalue weighted by molar-refractivity contribution is 0.324. The molecule has 0 spiro atoms. The fraction of sp³-hybridized carbons (Fsp3) is 0.267. The van der Waals surface area contributed by atoms with Gasteiger partial charge in [0.1, 0.15) is 0 Å².